The van der Waals surface area contributed by atoms with Crippen molar-refractivity contribution in [2.24, 2.45) is 0 Å². The molecule has 26 heavy (non-hydrogen) atoms. The highest BCUT2D eigenvalue weighted by Crippen LogP contribution is 2.00. The number of hydrogen-bond acceptors (Lipinski definition) is 4. The third-order valence-electron chi connectivity index (χ3n) is 5.21. The SMILES string of the molecule is CCN(CC)CCC[C@@H](C)NCC#CCN[C@@H](C)CCCN(CC)CC. The lowest BCUT2D eigenvalue weighted by Gasteiger charge is -2.19. The van der Waals surface area contributed by atoms with Crippen LogP contribution >= 0.6 is 0 Å². The largest absolute Gasteiger partial charge is 0.304 e. The molecule has 0 fully saturated rings. The van der Waals surface area contributed by atoms with E-state index in [0.29, 0.717) is 12.1 Å². The summed E-state index contributed by atoms with van der Waals surface area (Å²) in [5, 5.41) is 7.03. The third kappa shape index (κ3) is 14.6. The van der Waals surface area contributed by atoms with Crippen LogP contribution in [0.4, 0.5) is 0 Å². The van der Waals surface area contributed by atoms with Crippen LogP contribution in [-0.2, 0) is 0 Å². The predicted octanol–water partition coefficient (Wildman–Crippen LogP) is 3.19. The summed E-state index contributed by atoms with van der Waals surface area (Å²) in [6.45, 7) is 22.1. The zero-order valence-electron chi connectivity index (χ0n) is 18.5. The van der Waals surface area contributed by atoms with E-state index in [0.717, 1.165) is 39.3 Å². The van der Waals surface area contributed by atoms with Crippen LogP contribution in [0.2, 0.25) is 0 Å². The van der Waals surface area contributed by atoms with Gasteiger partial charge < -0.3 is 20.4 Å². The first kappa shape index (κ1) is 25.4. The molecular weight excluding hydrogens is 320 g/mol. The van der Waals surface area contributed by atoms with Gasteiger partial charge in [0.05, 0.1) is 13.1 Å². The summed E-state index contributed by atoms with van der Waals surface area (Å²) in [4.78, 5) is 4.97. The summed E-state index contributed by atoms with van der Waals surface area (Å²) in [5.74, 6) is 6.49. The third-order valence-corrected chi connectivity index (χ3v) is 5.21. The molecule has 4 heteroatoms. The van der Waals surface area contributed by atoms with Gasteiger partial charge in [-0.2, -0.15) is 0 Å². The lowest BCUT2D eigenvalue weighted by Crippen LogP contribution is -2.30. The van der Waals surface area contributed by atoms with Crippen LogP contribution in [0.15, 0.2) is 0 Å². The molecule has 0 saturated carbocycles. The maximum absolute atomic E-state index is 3.51. The molecular formula is C22H46N4. The fraction of sp³-hybridized carbons (Fsp3) is 0.909. The van der Waals surface area contributed by atoms with Crippen molar-refractivity contribution >= 4 is 0 Å². The van der Waals surface area contributed by atoms with Crippen molar-refractivity contribution in [3.8, 4) is 11.8 Å². The first-order valence-electron chi connectivity index (χ1n) is 10.9. The molecule has 0 aromatic carbocycles. The van der Waals surface area contributed by atoms with E-state index in [-0.39, 0.29) is 0 Å². The zero-order chi connectivity index (χ0) is 19.6. The van der Waals surface area contributed by atoms with Crippen molar-refractivity contribution in [2.75, 3.05) is 52.4 Å². The molecule has 0 amide bonds. The monoisotopic (exact) mass is 366 g/mol. The highest BCUT2D eigenvalue weighted by atomic mass is 15.1. The standard InChI is InChI=1S/C22H46N4/c1-7-25(8-2)19-13-15-21(5)23-17-11-12-18-24-22(6)16-14-20-26(9-3)10-4/h21-24H,7-10,13-20H2,1-6H3/t21-,22+. The Morgan fingerprint density at radius 2 is 1.00 bits per heavy atom. The highest BCUT2D eigenvalue weighted by molar-refractivity contribution is 5.03. The summed E-state index contributed by atoms with van der Waals surface area (Å²) in [6.07, 6.45) is 4.96. The molecule has 0 aromatic rings. The number of hydrogen-bond donors (Lipinski definition) is 2. The second kappa shape index (κ2) is 17.8. The second-order valence-corrected chi connectivity index (χ2v) is 7.26. The van der Waals surface area contributed by atoms with E-state index in [4.69, 9.17) is 0 Å². The molecule has 2 N–H and O–H groups in total. The summed E-state index contributed by atoms with van der Waals surface area (Å²) in [6, 6.07) is 1.10. The molecule has 0 rings (SSSR count). The molecule has 0 saturated heterocycles. The Bertz CT molecular complexity index is 321. The molecule has 4 nitrogen and oxygen atoms in total. The molecule has 154 valence electrons. The van der Waals surface area contributed by atoms with E-state index < -0.39 is 0 Å². The summed E-state index contributed by atoms with van der Waals surface area (Å²) in [5.41, 5.74) is 0. The molecule has 0 heterocycles. The van der Waals surface area contributed by atoms with Crippen LogP contribution in [0, 0.1) is 11.8 Å². The quantitative estimate of drug-likeness (QED) is 0.411. The van der Waals surface area contributed by atoms with Gasteiger partial charge in [-0.15, -0.1) is 0 Å². The molecule has 0 aromatic heterocycles. The summed E-state index contributed by atoms with van der Waals surface area (Å²) >= 11 is 0. The van der Waals surface area contributed by atoms with Crippen molar-refractivity contribution in [3.05, 3.63) is 0 Å². The first-order valence-corrected chi connectivity index (χ1v) is 10.9. The fourth-order valence-corrected chi connectivity index (χ4v) is 3.10. The minimum atomic E-state index is 0.548. The van der Waals surface area contributed by atoms with Crippen molar-refractivity contribution in [2.45, 2.75) is 79.3 Å². The van der Waals surface area contributed by atoms with Crippen LogP contribution in [-0.4, -0.2) is 74.2 Å². The summed E-state index contributed by atoms with van der Waals surface area (Å²) in [7, 11) is 0. The van der Waals surface area contributed by atoms with E-state index >= 15 is 0 Å². The Balaban J connectivity index is 3.63. The van der Waals surface area contributed by atoms with Crippen LogP contribution in [0.25, 0.3) is 0 Å². The van der Waals surface area contributed by atoms with Crippen molar-refractivity contribution in [1.29, 1.82) is 0 Å². The van der Waals surface area contributed by atoms with Crippen LogP contribution < -0.4 is 10.6 Å². The van der Waals surface area contributed by atoms with E-state index in [9.17, 15) is 0 Å². The smallest absolute Gasteiger partial charge is 0.0579 e. The minimum Gasteiger partial charge on any atom is -0.304 e. The fourth-order valence-electron chi connectivity index (χ4n) is 3.10. The van der Waals surface area contributed by atoms with Gasteiger partial charge in [0.2, 0.25) is 0 Å². The Morgan fingerprint density at radius 1 is 0.654 bits per heavy atom. The molecule has 0 aliphatic heterocycles. The van der Waals surface area contributed by atoms with Gasteiger partial charge in [-0.25, -0.2) is 0 Å². The summed E-state index contributed by atoms with van der Waals surface area (Å²) < 4.78 is 0. The Labute approximate surface area is 164 Å². The molecule has 0 bridgehead atoms. The van der Waals surface area contributed by atoms with Crippen LogP contribution in [0.3, 0.4) is 0 Å². The highest BCUT2D eigenvalue weighted by Gasteiger charge is 2.04. The van der Waals surface area contributed by atoms with Gasteiger partial charge in [-0.05, 0) is 78.8 Å². The molecule has 0 spiro atoms. The Kier molecular flexibility index (Phi) is 17.4. The molecule has 2 atom stereocenters. The Hall–Kier alpha value is -0.600. The molecule has 0 radical (unpaired) electrons. The lowest BCUT2D eigenvalue weighted by atomic mass is 10.1. The van der Waals surface area contributed by atoms with Gasteiger partial charge in [0.15, 0.2) is 0 Å². The predicted molar refractivity (Wildman–Crippen MR) is 117 cm³/mol. The van der Waals surface area contributed by atoms with Crippen molar-refractivity contribution in [3.63, 3.8) is 0 Å². The zero-order valence-corrected chi connectivity index (χ0v) is 18.5. The number of nitrogens with zero attached hydrogens (tertiary/aromatic N) is 2. The van der Waals surface area contributed by atoms with Gasteiger partial charge >= 0.3 is 0 Å². The maximum Gasteiger partial charge on any atom is 0.0579 e. The molecule has 0 unspecified atom stereocenters. The van der Waals surface area contributed by atoms with E-state index in [1.54, 1.807) is 0 Å². The molecule has 0 aliphatic carbocycles. The average Bonchev–Trinajstić information content (AvgIpc) is 2.65. The average molecular weight is 367 g/mol. The first-order chi connectivity index (χ1) is 12.6. The van der Waals surface area contributed by atoms with Crippen molar-refractivity contribution < 1.29 is 0 Å². The van der Waals surface area contributed by atoms with Gasteiger partial charge in [0, 0.05) is 12.1 Å². The number of nitrogens with one attached hydrogen (secondary N) is 2. The minimum absolute atomic E-state index is 0.548. The van der Waals surface area contributed by atoms with Gasteiger partial charge in [0.1, 0.15) is 0 Å². The second-order valence-electron chi connectivity index (χ2n) is 7.26. The van der Waals surface area contributed by atoms with Gasteiger partial charge in [0.25, 0.3) is 0 Å². The number of rotatable bonds is 16. The van der Waals surface area contributed by atoms with E-state index in [2.05, 4.69) is 73.8 Å². The normalized spacial score (nSPS) is 13.7. The van der Waals surface area contributed by atoms with E-state index in [1.807, 2.05) is 0 Å². The van der Waals surface area contributed by atoms with Gasteiger partial charge in [-0.3, -0.25) is 0 Å². The molecule has 0 aliphatic rings. The topological polar surface area (TPSA) is 30.5 Å². The van der Waals surface area contributed by atoms with Gasteiger partial charge in [-0.1, -0.05) is 39.5 Å². The van der Waals surface area contributed by atoms with Crippen molar-refractivity contribution in [1.82, 2.24) is 20.4 Å². The maximum atomic E-state index is 3.51. The Morgan fingerprint density at radius 3 is 1.31 bits per heavy atom. The van der Waals surface area contributed by atoms with Crippen LogP contribution in [0.1, 0.15) is 67.2 Å². The van der Waals surface area contributed by atoms with Crippen LogP contribution in [0.5, 0.6) is 0 Å². The van der Waals surface area contributed by atoms with E-state index in [1.165, 1.54) is 38.8 Å². The lowest BCUT2D eigenvalue weighted by molar-refractivity contribution is 0.291.